The van der Waals surface area contributed by atoms with Crippen molar-refractivity contribution in [2.24, 2.45) is 0 Å². The van der Waals surface area contributed by atoms with E-state index in [9.17, 15) is 0 Å². The van der Waals surface area contributed by atoms with Crippen molar-refractivity contribution in [3.05, 3.63) is 35.9 Å². The number of hydrogen-bond acceptors (Lipinski definition) is 1. The van der Waals surface area contributed by atoms with Crippen LogP contribution in [0.4, 0.5) is 0 Å². The molecule has 0 saturated carbocycles. The maximum Gasteiger partial charge on any atom is 0.104 e. The summed E-state index contributed by atoms with van der Waals surface area (Å²) in [6, 6.07) is 10.6. The molecule has 0 aliphatic rings. The molecule has 0 saturated heterocycles. The lowest BCUT2D eigenvalue weighted by atomic mass is 10.2. The van der Waals surface area contributed by atoms with Crippen molar-refractivity contribution in [2.45, 2.75) is 20.4 Å². The minimum Gasteiger partial charge on any atom is -0.382 e. The molecule has 1 aromatic carbocycles. The molecule has 2 nitrogen and oxygen atoms in total. The second-order valence-corrected chi connectivity index (χ2v) is 4.72. The van der Waals surface area contributed by atoms with Crippen LogP contribution in [-0.4, -0.2) is 38.8 Å². The fourth-order valence-electron chi connectivity index (χ4n) is 1.34. The Morgan fingerprint density at radius 3 is 1.75 bits per heavy atom. The largest absolute Gasteiger partial charge is 0.382 e. The first-order chi connectivity index (χ1) is 7.49. The van der Waals surface area contributed by atoms with E-state index in [-0.39, 0.29) is 0 Å². The highest BCUT2D eigenvalue weighted by atomic mass is 16.5. The third kappa shape index (κ3) is 9.69. The van der Waals surface area contributed by atoms with Gasteiger partial charge in [-0.25, -0.2) is 0 Å². The zero-order valence-corrected chi connectivity index (χ0v) is 11.4. The summed E-state index contributed by atoms with van der Waals surface area (Å²) < 4.78 is 5.82. The molecule has 0 amide bonds. The highest BCUT2D eigenvalue weighted by Crippen LogP contribution is 2.05. The second kappa shape index (κ2) is 8.31. The SMILES string of the molecule is CCOCC.C[N+](C)(C)Cc1ccccc1. The summed E-state index contributed by atoms with van der Waals surface area (Å²) in [6.45, 7) is 6.76. The minimum absolute atomic E-state index is 0.844. The first-order valence-electron chi connectivity index (χ1n) is 5.91. The van der Waals surface area contributed by atoms with Crippen molar-refractivity contribution in [3.8, 4) is 0 Å². The van der Waals surface area contributed by atoms with E-state index in [1.807, 2.05) is 13.8 Å². The van der Waals surface area contributed by atoms with Gasteiger partial charge in [0, 0.05) is 18.8 Å². The average molecular weight is 224 g/mol. The highest BCUT2D eigenvalue weighted by molar-refractivity contribution is 5.13. The Labute approximate surface area is 100 Å². The van der Waals surface area contributed by atoms with Crippen LogP contribution in [0.3, 0.4) is 0 Å². The van der Waals surface area contributed by atoms with Gasteiger partial charge in [-0.2, -0.15) is 0 Å². The van der Waals surface area contributed by atoms with Crippen LogP contribution in [0, 0.1) is 0 Å². The maximum atomic E-state index is 4.83. The molecule has 0 N–H and O–H groups in total. The smallest absolute Gasteiger partial charge is 0.104 e. The van der Waals surface area contributed by atoms with E-state index in [2.05, 4.69) is 51.5 Å². The Kier molecular flexibility index (Phi) is 7.86. The molecule has 0 atom stereocenters. The molecular weight excluding hydrogens is 198 g/mol. The molecule has 0 aromatic heterocycles. The predicted octanol–water partition coefficient (Wildman–Crippen LogP) is 2.94. The number of hydrogen-bond donors (Lipinski definition) is 0. The summed E-state index contributed by atoms with van der Waals surface area (Å²) in [5.74, 6) is 0. The van der Waals surface area contributed by atoms with Crippen LogP contribution in [0.1, 0.15) is 19.4 Å². The number of quaternary nitrogens is 1. The van der Waals surface area contributed by atoms with Crippen LogP contribution >= 0.6 is 0 Å². The van der Waals surface area contributed by atoms with E-state index in [0.29, 0.717) is 0 Å². The molecule has 1 rings (SSSR count). The molecule has 2 heteroatoms. The molecule has 0 bridgehead atoms. The lowest BCUT2D eigenvalue weighted by Gasteiger charge is -2.23. The Morgan fingerprint density at radius 2 is 1.44 bits per heavy atom. The average Bonchev–Trinajstić information content (AvgIpc) is 2.19. The van der Waals surface area contributed by atoms with E-state index in [1.54, 1.807) is 0 Å². The normalized spacial score (nSPS) is 10.6. The summed E-state index contributed by atoms with van der Waals surface area (Å²) in [5.41, 5.74) is 1.40. The monoisotopic (exact) mass is 224 g/mol. The van der Waals surface area contributed by atoms with Gasteiger partial charge in [-0.05, 0) is 13.8 Å². The van der Waals surface area contributed by atoms with Gasteiger partial charge in [-0.3, -0.25) is 0 Å². The van der Waals surface area contributed by atoms with Gasteiger partial charge in [0.15, 0.2) is 0 Å². The molecular formula is C14H26NO+. The van der Waals surface area contributed by atoms with E-state index in [4.69, 9.17) is 4.74 Å². The van der Waals surface area contributed by atoms with Crippen molar-refractivity contribution in [1.29, 1.82) is 0 Å². The van der Waals surface area contributed by atoms with Gasteiger partial charge in [0.2, 0.25) is 0 Å². The summed E-state index contributed by atoms with van der Waals surface area (Å²) in [5, 5.41) is 0. The van der Waals surface area contributed by atoms with Gasteiger partial charge in [-0.1, -0.05) is 30.3 Å². The van der Waals surface area contributed by atoms with E-state index < -0.39 is 0 Å². The van der Waals surface area contributed by atoms with E-state index in [0.717, 1.165) is 24.2 Å². The van der Waals surface area contributed by atoms with Crippen molar-refractivity contribution in [1.82, 2.24) is 0 Å². The standard InChI is InChI=1S/C10H16N.C4H10O/c1-11(2,3)9-10-7-5-4-6-8-10;1-3-5-4-2/h4-8H,9H2,1-3H3;3-4H2,1-2H3/q+1;. The molecule has 0 fully saturated rings. The summed E-state index contributed by atoms with van der Waals surface area (Å²) in [4.78, 5) is 0. The van der Waals surface area contributed by atoms with Crippen LogP contribution in [0.2, 0.25) is 0 Å². The van der Waals surface area contributed by atoms with Crippen molar-refractivity contribution >= 4 is 0 Å². The molecule has 92 valence electrons. The number of nitrogens with zero attached hydrogens (tertiary/aromatic N) is 1. The van der Waals surface area contributed by atoms with Crippen LogP contribution in [0.5, 0.6) is 0 Å². The fraction of sp³-hybridized carbons (Fsp3) is 0.571. The first kappa shape index (κ1) is 15.1. The predicted molar refractivity (Wildman–Crippen MR) is 70.3 cm³/mol. The van der Waals surface area contributed by atoms with Crippen molar-refractivity contribution in [3.63, 3.8) is 0 Å². The van der Waals surface area contributed by atoms with Crippen LogP contribution in [-0.2, 0) is 11.3 Å². The van der Waals surface area contributed by atoms with Gasteiger partial charge in [0.1, 0.15) is 6.54 Å². The van der Waals surface area contributed by atoms with Gasteiger partial charge < -0.3 is 9.22 Å². The quantitative estimate of drug-likeness (QED) is 0.715. The lowest BCUT2D eigenvalue weighted by Crippen LogP contribution is -2.33. The van der Waals surface area contributed by atoms with Gasteiger partial charge in [-0.15, -0.1) is 0 Å². The van der Waals surface area contributed by atoms with Gasteiger partial charge >= 0.3 is 0 Å². The summed E-state index contributed by atoms with van der Waals surface area (Å²) >= 11 is 0. The topological polar surface area (TPSA) is 9.23 Å². The molecule has 16 heavy (non-hydrogen) atoms. The molecule has 0 aliphatic heterocycles. The first-order valence-corrected chi connectivity index (χ1v) is 5.91. The molecule has 1 aromatic rings. The number of rotatable bonds is 4. The van der Waals surface area contributed by atoms with E-state index in [1.165, 1.54) is 5.56 Å². The Morgan fingerprint density at radius 1 is 0.938 bits per heavy atom. The fourth-order valence-corrected chi connectivity index (χ4v) is 1.34. The second-order valence-electron chi connectivity index (χ2n) is 4.72. The Hall–Kier alpha value is -0.860. The number of benzene rings is 1. The van der Waals surface area contributed by atoms with Crippen molar-refractivity contribution in [2.75, 3.05) is 34.4 Å². The van der Waals surface area contributed by atoms with Crippen LogP contribution < -0.4 is 0 Å². The van der Waals surface area contributed by atoms with E-state index >= 15 is 0 Å². The molecule has 0 heterocycles. The lowest BCUT2D eigenvalue weighted by molar-refractivity contribution is -0.884. The van der Waals surface area contributed by atoms with Crippen LogP contribution in [0.25, 0.3) is 0 Å². The zero-order valence-electron chi connectivity index (χ0n) is 11.4. The molecule has 0 radical (unpaired) electrons. The Bertz CT molecular complexity index is 249. The molecule has 0 spiro atoms. The Balaban J connectivity index is 0.000000385. The summed E-state index contributed by atoms with van der Waals surface area (Å²) in [7, 11) is 6.60. The summed E-state index contributed by atoms with van der Waals surface area (Å²) in [6.07, 6.45) is 0. The molecule has 0 unspecified atom stereocenters. The highest BCUT2D eigenvalue weighted by Gasteiger charge is 2.06. The zero-order chi connectivity index (χ0) is 12.4. The maximum absolute atomic E-state index is 4.83. The van der Waals surface area contributed by atoms with Gasteiger partial charge in [0.05, 0.1) is 21.1 Å². The molecule has 0 aliphatic carbocycles. The van der Waals surface area contributed by atoms with Crippen molar-refractivity contribution < 1.29 is 9.22 Å². The third-order valence-corrected chi connectivity index (χ3v) is 1.91. The van der Waals surface area contributed by atoms with Crippen LogP contribution in [0.15, 0.2) is 30.3 Å². The minimum atomic E-state index is 0.844. The third-order valence-electron chi connectivity index (χ3n) is 1.91. The number of ether oxygens (including phenoxy) is 1. The van der Waals surface area contributed by atoms with Gasteiger partial charge in [0.25, 0.3) is 0 Å².